The molecule has 0 aliphatic carbocycles. The van der Waals surface area contributed by atoms with E-state index in [9.17, 15) is 9.90 Å². The van der Waals surface area contributed by atoms with Crippen molar-refractivity contribution < 1.29 is 9.90 Å². The molecule has 1 aromatic rings. The molecule has 7 nitrogen and oxygen atoms in total. The molecule has 100 valence electrons. The molecule has 7 heteroatoms. The Morgan fingerprint density at radius 2 is 2.28 bits per heavy atom. The largest absolute Gasteiger partial charge is 0.393 e. The first kappa shape index (κ1) is 12.8. The molecule has 2 heterocycles. The summed E-state index contributed by atoms with van der Waals surface area (Å²) in [6.45, 7) is 4.38. The van der Waals surface area contributed by atoms with Gasteiger partial charge in [0.15, 0.2) is 5.82 Å². The summed E-state index contributed by atoms with van der Waals surface area (Å²) < 4.78 is 1.89. The van der Waals surface area contributed by atoms with Crippen molar-refractivity contribution in [2.45, 2.75) is 39.0 Å². The number of nitrogens with one attached hydrogen (secondary N) is 1. The second kappa shape index (κ2) is 5.81. The zero-order valence-electron chi connectivity index (χ0n) is 10.5. The summed E-state index contributed by atoms with van der Waals surface area (Å²) in [4.78, 5) is 13.6. The molecular weight excluding hydrogens is 234 g/mol. The van der Waals surface area contributed by atoms with Gasteiger partial charge in [-0.1, -0.05) is 0 Å². The molecule has 1 aromatic heterocycles. The Morgan fingerprint density at radius 3 is 2.94 bits per heavy atom. The second-order valence-electron chi connectivity index (χ2n) is 4.41. The third kappa shape index (κ3) is 2.98. The summed E-state index contributed by atoms with van der Waals surface area (Å²) in [6, 6.07) is -0.104. The molecule has 18 heavy (non-hydrogen) atoms. The van der Waals surface area contributed by atoms with Crippen molar-refractivity contribution >= 4 is 6.03 Å². The summed E-state index contributed by atoms with van der Waals surface area (Å²) in [5, 5.41) is 20.0. The highest BCUT2D eigenvalue weighted by molar-refractivity contribution is 5.74. The number of urea groups is 1. The van der Waals surface area contributed by atoms with Crippen LogP contribution >= 0.6 is 0 Å². The van der Waals surface area contributed by atoms with Gasteiger partial charge < -0.3 is 19.9 Å². The lowest BCUT2D eigenvalue weighted by atomic mass is 10.1. The van der Waals surface area contributed by atoms with Gasteiger partial charge in [-0.2, -0.15) is 0 Å². The normalized spacial score (nSPS) is 16.9. The minimum atomic E-state index is -0.266. The minimum absolute atomic E-state index is 0.104. The van der Waals surface area contributed by atoms with Gasteiger partial charge in [0, 0.05) is 19.6 Å². The molecule has 0 atom stereocenters. The van der Waals surface area contributed by atoms with Gasteiger partial charge in [0.25, 0.3) is 0 Å². The van der Waals surface area contributed by atoms with Crippen molar-refractivity contribution in [3.05, 3.63) is 12.2 Å². The molecule has 0 aromatic carbocycles. The average molecular weight is 253 g/mol. The molecule has 0 bridgehead atoms. The molecule has 1 aliphatic rings. The smallest absolute Gasteiger partial charge is 0.317 e. The number of carbonyl (C=O) groups is 1. The number of hydrogen-bond donors (Lipinski definition) is 2. The van der Waals surface area contributed by atoms with Gasteiger partial charge >= 0.3 is 6.03 Å². The quantitative estimate of drug-likeness (QED) is 0.792. The first-order valence-corrected chi connectivity index (χ1v) is 6.28. The van der Waals surface area contributed by atoms with E-state index in [1.807, 2.05) is 11.5 Å². The van der Waals surface area contributed by atoms with Crippen LogP contribution in [0.25, 0.3) is 0 Å². The molecule has 1 aliphatic heterocycles. The molecular formula is C11H19N5O2. The molecule has 2 N–H and O–H groups in total. The van der Waals surface area contributed by atoms with Crippen LogP contribution in [0, 0.1) is 0 Å². The van der Waals surface area contributed by atoms with Gasteiger partial charge in [-0.15, -0.1) is 10.2 Å². The number of nitrogens with zero attached hydrogens (tertiary/aromatic N) is 4. The lowest BCUT2D eigenvalue weighted by Gasteiger charge is -2.29. The SMILES string of the molecule is CCn1cnnc1CNC(=O)N1CCC(O)CC1. The Balaban J connectivity index is 1.81. The number of carbonyl (C=O) groups excluding carboxylic acids is 1. The van der Waals surface area contributed by atoms with Gasteiger partial charge in [0.05, 0.1) is 12.6 Å². The highest BCUT2D eigenvalue weighted by Gasteiger charge is 2.21. The number of aliphatic hydroxyl groups excluding tert-OH is 1. The van der Waals surface area contributed by atoms with E-state index in [-0.39, 0.29) is 12.1 Å². The van der Waals surface area contributed by atoms with Gasteiger partial charge in [-0.3, -0.25) is 0 Å². The van der Waals surface area contributed by atoms with E-state index in [0.29, 0.717) is 32.5 Å². The molecule has 1 fully saturated rings. The topological polar surface area (TPSA) is 83.3 Å². The standard InChI is InChI=1S/C11H19N5O2/c1-2-15-8-13-14-10(15)7-12-11(18)16-5-3-9(17)4-6-16/h8-9,17H,2-7H2,1H3,(H,12,18). The Hall–Kier alpha value is -1.63. The number of likely N-dealkylation sites (tertiary alicyclic amines) is 1. The summed E-state index contributed by atoms with van der Waals surface area (Å²) in [6.07, 6.45) is 2.69. The Bertz CT molecular complexity index is 398. The maximum atomic E-state index is 11.9. The van der Waals surface area contributed by atoms with Crippen LogP contribution in [0.3, 0.4) is 0 Å². The molecule has 0 spiro atoms. The van der Waals surface area contributed by atoms with E-state index in [2.05, 4.69) is 15.5 Å². The van der Waals surface area contributed by atoms with Crippen molar-refractivity contribution in [2.24, 2.45) is 0 Å². The van der Waals surface area contributed by atoms with Gasteiger partial charge in [0.2, 0.25) is 0 Å². The van der Waals surface area contributed by atoms with E-state index in [1.54, 1.807) is 11.2 Å². The third-order valence-electron chi connectivity index (χ3n) is 3.19. The van der Waals surface area contributed by atoms with E-state index in [4.69, 9.17) is 0 Å². The van der Waals surface area contributed by atoms with Crippen LogP contribution in [0.15, 0.2) is 6.33 Å². The van der Waals surface area contributed by atoms with Crippen molar-refractivity contribution in [3.8, 4) is 0 Å². The van der Waals surface area contributed by atoms with Crippen LogP contribution in [0.2, 0.25) is 0 Å². The summed E-state index contributed by atoms with van der Waals surface area (Å²) >= 11 is 0. The maximum absolute atomic E-state index is 11.9. The van der Waals surface area contributed by atoms with Crippen LogP contribution < -0.4 is 5.32 Å². The molecule has 1 saturated heterocycles. The highest BCUT2D eigenvalue weighted by Crippen LogP contribution is 2.09. The average Bonchev–Trinajstić information content (AvgIpc) is 2.84. The zero-order chi connectivity index (χ0) is 13.0. The number of amides is 2. The van der Waals surface area contributed by atoms with Crippen LogP contribution in [-0.2, 0) is 13.1 Å². The molecule has 0 radical (unpaired) electrons. The third-order valence-corrected chi connectivity index (χ3v) is 3.19. The zero-order valence-corrected chi connectivity index (χ0v) is 10.5. The van der Waals surface area contributed by atoms with Gasteiger partial charge in [0.1, 0.15) is 6.33 Å². The lowest BCUT2D eigenvalue weighted by Crippen LogP contribution is -2.45. The van der Waals surface area contributed by atoms with Crippen LogP contribution in [0.5, 0.6) is 0 Å². The number of aliphatic hydroxyl groups is 1. The van der Waals surface area contributed by atoms with E-state index >= 15 is 0 Å². The van der Waals surface area contributed by atoms with Crippen LogP contribution in [0.1, 0.15) is 25.6 Å². The van der Waals surface area contributed by atoms with Crippen molar-refractivity contribution in [1.82, 2.24) is 25.0 Å². The molecule has 2 rings (SSSR count). The van der Waals surface area contributed by atoms with Gasteiger partial charge in [-0.25, -0.2) is 4.79 Å². The molecule has 0 unspecified atom stereocenters. The summed E-state index contributed by atoms with van der Waals surface area (Å²) in [5.41, 5.74) is 0. The van der Waals surface area contributed by atoms with Crippen molar-refractivity contribution in [2.75, 3.05) is 13.1 Å². The number of hydrogen-bond acceptors (Lipinski definition) is 4. The number of rotatable bonds is 3. The number of aromatic nitrogens is 3. The fourth-order valence-corrected chi connectivity index (χ4v) is 2.02. The minimum Gasteiger partial charge on any atom is -0.393 e. The van der Waals surface area contributed by atoms with E-state index in [0.717, 1.165) is 12.4 Å². The molecule has 2 amide bonds. The Morgan fingerprint density at radius 1 is 1.56 bits per heavy atom. The summed E-state index contributed by atoms with van der Waals surface area (Å²) in [7, 11) is 0. The predicted octanol–water partition coefficient (Wildman–Crippen LogP) is -0.0357. The lowest BCUT2D eigenvalue weighted by molar-refractivity contribution is 0.0935. The monoisotopic (exact) mass is 253 g/mol. The van der Waals surface area contributed by atoms with Crippen LogP contribution in [-0.4, -0.2) is 50.0 Å². The molecule has 0 saturated carbocycles. The fourth-order valence-electron chi connectivity index (χ4n) is 2.02. The second-order valence-corrected chi connectivity index (χ2v) is 4.41. The summed E-state index contributed by atoms with van der Waals surface area (Å²) in [5.74, 6) is 0.753. The van der Waals surface area contributed by atoms with Crippen LogP contribution in [0.4, 0.5) is 4.79 Å². The first-order chi connectivity index (χ1) is 8.70. The Labute approximate surface area is 106 Å². The van der Waals surface area contributed by atoms with Gasteiger partial charge in [-0.05, 0) is 19.8 Å². The number of aryl methyl sites for hydroxylation is 1. The number of piperidine rings is 1. The van der Waals surface area contributed by atoms with Crippen molar-refractivity contribution in [1.29, 1.82) is 0 Å². The highest BCUT2D eigenvalue weighted by atomic mass is 16.3. The van der Waals surface area contributed by atoms with E-state index < -0.39 is 0 Å². The predicted molar refractivity (Wildman–Crippen MR) is 64.7 cm³/mol. The first-order valence-electron chi connectivity index (χ1n) is 6.28. The Kier molecular flexibility index (Phi) is 4.14. The van der Waals surface area contributed by atoms with Crippen molar-refractivity contribution in [3.63, 3.8) is 0 Å². The fraction of sp³-hybridized carbons (Fsp3) is 0.727. The van der Waals surface area contributed by atoms with E-state index in [1.165, 1.54) is 0 Å². The maximum Gasteiger partial charge on any atom is 0.317 e.